The molecule has 0 unspecified atom stereocenters. The Kier molecular flexibility index (Phi) is 6.94. The van der Waals surface area contributed by atoms with E-state index in [1.807, 2.05) is 49.1 Å². The summed E-state index contributed by atoms with van der Waals surface area (Å²) in [6, 6.07) is 8.99. The van der Waals surface area contributed by atoms with Crippen LogP contribution in [-0.4, -0.2) is 34.4 Å². The maximum absolute atomic E-state index is 10.9. The molecule has 2 rings (SSSR count). The van der Waals surface area contributed by atoms with E-state index in [2.05, 4.69) is 26.1 Å². The van der Waals surface area contributed by atoms with Gasteiger partial charge in [0, 0.05) is 23.1 Å². The molecule has 1 N–H and O–H groups in total. The van der Waals surface area contributed by atoms with E-state index < -0.39 is 5.97 Å². The zero-order valence-electron chi connectivity index (χ0n) is 14.1. The Labute approximate surface area is 155 Å². The number of carboxylic acid groups (broad SMARTS) is 1. The lowest BCUT2D eigenvalue weighted by atomic mass is 10.2. The third-order valence-electron chi connectivity index (χ3n) is 3.53. The molecule has 2 aromatic rings. The van der Waals surface area contributed by atoms with Crippen molar-refractivity contribution in [3.05, 3.63) is 58.2 Å². The summed E-state index contributed by atoms with van der Waals surface area (Å²) in [5.41, 5.74) is 0.933. The molecule has 1 aromatic carbocycles. The van der Waals surface area contributed by atoms with Crippen LogP contribution in [0.3, 0.4) is 0 Å². The monoisotopic (exact) mass is 405 g/mol. The Hall–Kier alpha value is -2.41. The average Bonchev–Trinajstić information content (AvgIpc) is 2.61. The number of carbonyl (C=O) groups is 1. The Morgan fingerprint density at radius 2 is 2.12 bits per heavy atom. The van der Waals surface area contributed by atoms with E-state index in [4.69, 9.17) is 9.84 Å². The van der Waals surface area contributed by atoms with Crippen LogP contribution in [0.5, 0.6) is 5.75 Å². The predicted molar refractivity (Wildman–Crippen MR) is 100 cm³/mol. The van der Waals surface area contributed by atoms with Gasteiger partial charge in [0.2, 0.25) is 0 Å². The minimum atomic E-state index is -1.09. The Morgan fingerprint density at radius 1 is 1.32 bits per heavy atom. The van der Waals surface area contributed by atoms with Gasteiger partial charge < -0.3 is 14.7 Å². The van der Waals surface area contributed by atoms with E-state index >= 15 is 0 Å². The van der Waals surface area contributed by atoms with Crippen LogP contribution < -0.4 is 9.64 Å². The number of allylic oxidation sites excluding steroid dienone is 1. The molecule has 6 nitrogen and oxygen atoms in total. The molecule has 0 saturated heterocycles. The van der Waals surface area contributed by atoms with Crippen molar-refractivity contribution in [2.75, 3.05) is 18.1 Å². The van der Waals surface area contributed by atoms with Crippen molar-refractivity contribution in [3.63, 3.8) is 0 Å². The number of aromatic carboxylic acids is 1. The van der Waals surface area contributed by atoms with Gasteiger partial charge in [0.1, 0.15) is 12.4 Å². The lowest BCUT2D eigenvalue weighted by molar-refractivity contribution is 0.0689. The van der Waals surface area contributed by atoms with Gasteiger partial charge in [-0.15, -0.1) is 10.2 Å². The summed E-state index contributed by atoms with van der Waals surface area (Å²) >= 11 is 3.49. The highest BCUT2D eigenvalue weighted by Crippen LogP contribution is 2.26. The molecule has 1 aromatic heterocycles. The zero-order chi connectivity index (χ0) is 18.2. The molecule has 1 heterocycles. The van der Waals surface area contributed by atoms with E-state index in [0.717, 1.165) is 15.8 Å². The van der Waals surface area contributed by atoms with Crippen molar-refractivity contribution >= 4 is 27.7 Å². The van der Waals surface area contributed by atoms with Gasteiger partial charge >= 0.3 is 5.97 Å². The van der Waals surface area contributed by atoms with E-state index in [9.17, 15) is 4.79 Å². The fourth-order valence-corrected chi connectivity index (χ4v) is 2.62. The summed E-state index contributed by atoms with van der Waals surface area (Å²) in [4.78, 5) is 12.9. The highest BCUT2D eigenvalue weighted by Gasteiger charge is 2.13. The average molecular weight is 406 g/mol. The minimum absolute atomic E-state index is 0.0716. The number of carboxylic acids is 1. The molecule has 0 atom stereocenters. The number of aromatic nitrogens is 2. The smallest absolute Gasteiger partial charge is 0.356 e. The normalized spacial score (nSPS) is 10.8. The maximum Gasteiger partial charge on any atom is 0.356 e. The summed E-state index contributed by atoms with van der Waals surface area (Å²) < 4.78 is 6.78. The third kappa shape index (κ3) is 5.29. The molecule has 132 valence electrons. The van der Waals surface area contributed by atoms with Crippen LogP contribution in [0.15, 0.2) is 47.0 Å². The van der Waals surface area contributed by atoms with Crippen molar-refractivity contribution in [1.29, 1.82) is 0 Å². The molecular formula is C18H20BrN3O3. The fourth-order valence-electron chi connectivity index (χ4n) is 2.21. The highest BCUT2D eigenvalue weighted by atomic mass is 79.9. The molecule has 0 aliphatic carbocycles. The summed E-state index contributed by atoms with van der Waals surface area (Å²) in [6.45, 7) is 5.73. The second-order valence-corrected chi connectivity index (χ2v) is 6.14. The van der Waals surface area contributed by atoms with Crippen LogP contribution in [0.4, 0.5) is 5.82 Å². The minimum Gasteiger partial charge on any atom is -0.489 e. The van der Waals surface area contributed by atoms with Crippen LogP contribution in [0.2, 0.25) is 0 Å². The van der Waals surface area contributed by atoms with Gasteiger partial charge in [-0.3, -0.25) is 0 Å². The van der Waals surface area contributed by atoms with E-state index in [0.29, 0.717) is 25.5 Å². The first kappa shape index (κ1) is 18.9. The summed E-state index contributed by atoms with van der Waals surface area (Å²) in [7, 11) is 0. The topological polar surface area (TPSA) is 75.5 Å². The fraction of sp³-hybridized carbons (Fsp3) is 0.278. The van der Waals surface area contributed by atoms with Crippen molar-refractivity contribution in [2.24, 2.45) is 0 Å². The van der Waals surface area contributed by atoms with Crippen LogP contribution >= 0.6 is 15.9 Å². The molecular weight excluding hydrogens is 386 g/mol. The lowest BCUT2D eigenvalue weighted by Gasteiger charge is -2.23. The van der Waals surface area contributed by atoms with Gasteiger partial charge in [0.25, 0.3) is 0 Å². The summed E-state index contributed by atoms with van der Waals surface area (Å²) in [5.74, 6) is 0.329. The van der Waals surface area contributed by atoms with E-state index in [-0.39, 0.29) is 5.69 Å². The number of halogens is 1. The first-order valence-corrected chi connectivity index (χ1v) is 8.68. The molecule has 0 spiro atoms. The van der Waals surface area contributed by atoms with Crippen LogP contribution in [-0.2, 0) is 6.54 Å². The number of benzene rings is 1. The standard InChI is InChI=1S/C18H20BrN3O3/c1-3-5-10-25-16-8-6-14(19)11-13(16)12-22(4-2)17-9-7-15(18(23)24)20-21-17/h3,5-9,11H,4,10,12H2,1-2H3,(H,23,24)/b5-3+. The number of nitrogens with zero attached hydrogens (tertiary/aromatic N) is 3. The molecule has 0 aliphatic rings. The van der Waals surface area contributed by atoms with Gasteiger partial charge in [-0.25, -0.2) is 4.79 Å². The van der Waals surface area contributed by atoms with Crippen molar-refractivity contribution in [2.45, 2.75) is 20.4 Å². The second kappa shape index (κ2) is 9.17. The first-order valence-electron chi connectivity index (χ1n) is 7.89. The number of hydrogen-bond acceptors (Lipinski definition) is 5. The first-order chi connectivity index (χ1) is 12.0. The van der Waals surface area contributed by atoms with Crippen molar-refractivity contribution in [1.82, 2.24) is 10.2 Å². The second-order valence-electron chi connectivity index (χ2n) is 5.23. The Bertz CT molecular complexity index is 748. The predicted octanol–water partition coefficient (Wildman–Crippen LogP) is 3.92. The summed E-state index contributed by atoms with van der Waals surface area (Å²) in [6.07, 6.45) is 3.88. The third-order valence-corrected chi connectivity index (χ3v) is 4.02. The van der Waals surface area contributed by atoms with Crippen molar-refractivity contribution < 1.29 is 14.6 Å². The summed E-state index contributed by atoms with van der Waals surface area (Å²) in [5, 5.41) is 16.7. The molecule has 0 saturated carbocycles. The van der Waals surface area contributed by atoms with Gasteiger partial charge in [0.05, 0.1) is 0 Å². The molecule has 0 amide bonds. The Morgan fingerprint density at radius 3 is 2.72 bits per heavy atom. The number of anilines is 1. The molecule has 7 heteroatoms. The van der Waals surface area contributed by atoms with Gasteiger partial charge in [-0.2, -0.15) is 0 Å². The van der Waals surface area contributed by atoms with Gasteiger partial charge in [0.15, 0.2) is 11.5 Å². The lowest BCUT2D eigenvalue weighted by Crippen LogP contribution is -2.24. The Balaban J connectivity index is 2.22. The molecule has 0 fully saturated rings. The van der Waals surface area contributed by atoms with Gasteiger partial charge in [-0.05, 0) is 44.2 Å². The van der Waals surface area contributed by atoms with Crippen molar-refractivity contribution in [3.8, 4) is 5.75 Å². The molecule has 0 radical (unpaired) electrons. The van der Waals surface area contributed by atoms with Crippen LogP contribution in [0, 0.1) is 0 Å². The zero-order valence-corrected chi connectivity index (χ0v) is 15.7. The van der Waals surface area contributed by atoms with E-state index in [1.54, 1.807) is 6.07 Å². The van der Waals surface area contributed by atoms with Crippen LogP contribution in [0.25, 0.3) is 0 Å². The molecule has 0 aliphatic heterocycles. The quantitative estimate of drug-likeness (QED) is 0.670. The van der Waals surface area contributed by atoms with Crippen LogP contribution in [0.1, 0.15) is 29.9 Å². The number of hydrogen-bond donors (Lipinski definition) is 1. The number of rotatable bonds is 8. The number of ether oxygens (including phenoxy) is 1. The SMILES string of the molecule is C/C=C/COc1ccc(Br)cc1CN(CC)c1ccc(C(=O)O)nn1. The van der Waals surface area contributed by atoms with E-state index in [1.165, 1.54) is 6.07 Å². The molecule has 0 bridgehead atoms. The van der Waals surface area contributed by atoms with Gasteiger partial charge in [-0.1, -0.05) is 28.1 Å². The highest BCUT2D eigenvalue weighted by molar-refractivity contribution is 9.10. The largest absolute Gasteiger partial charge is 0.489 e. The maximum atomic E-state index is 10.9. The molecule has 25 heavy (non-hydrogen) atoms.